The summed E-state index contributed by atoms with van der Waals surface area (Å²) in [5.41, 5.74) is 2.00. The Morgan fingerprint density at radius 1 is 1.40 bits per heavy atom. The van der Waals surface area contributed by atoms with Gasteiger partial charge in [-0.25, -0.2) is 0 Å². The zero-order valence-electron chi connectivity index (χ0n) is 9.36. The molecule has 1 saturated carbocycles. The first-order valence-corrected chi connectivity index (χ1v) is 5.70. The van der Waals surface area contributed by atoms with Crippen molar-refractivity contribution in [2.75, 3.05) is 0 Å². The number of hydrogen-bond donors (Lipinski definition) is 1. The minimum absolute atomic E-state index is 0.0536. The van der Waals surface area contributed by atoms with Crippen LogP contribution < -0.4 is 5.56 Å². The number of aromatic nitrogens is 1. The minimum atomic E-state index is -0.102. The molecular formula is C12H16ClNO. The van der Waals surface area contributed by atoms with Gasteiger partial charge in [-0.05, 0) is 24.3 Å². The molecule has 0 amide bonds. The number of hydrogen-bond acceptors (Lipinski definition) is 1. The molecule has 0 aromatic carbocycles. The first-order chi connectivity index (χ1) is 6.89. The summed E-state index contributed by atoms with van der Waals surface area (Å²) in [6.45, 7) is 6.29. The molecule has 0 spiro atoms. The van der Waals surface area contributed by atoms with Crippen LogP contribution in [0, 0.1) is 0 Å². The molecule has 15 heavy (non-hydrogen) atoms. The van der Waals surface area contributed by atoms with Crippen LogP contribution in [0.5, 0.6) is 0 Å². The molecule has 0 bridgehead atoms. The third kappa shape index (κ3) is 2.10. The van der Waals surface area contributed by atoms with Gasteiger partial charge in [0.2, 0.25) is 5.56 Å². The standard InChI is InChI=1S/C12H16ClNO/c1-12(2,3)11-10(7-4-5-7)8(13)6-9(15)14-11/h6-7H,4-5H2,1-3H3,(H,14,15). The highest BCUT2D eigenvalue weighted by molar-refractivity contribution is 6.31. The molecule has 1 aliphatic carbocycles. The van der Waals surface area contributed by atoms with Crippen molar-refractivity contribution in [3.05, 3.63) is 32.7 Å². The predicted octanol–water partition coefficient (Wildman–Crippen LogP) is 3.20. The van der Waals surface area contributed by atoms with Crippen LogP contribution in [-0.2, 0) is 5.41 Å². The molecule has 0 saturated heterocycles. The van der Waals surface area contributed by atoms with Gasteiger partial charge in [-0.2, -0.15) is 0 Å². The van der Waals surface area contributed by atoms with Crippen LogP contribution in [-0.4, -0.2) is 4.98 Å². The van der Waals surface area contributed by atoms with Crippen LogP contribution in [0.15, 0.2) is 10.9 Å². The fourth-order valence-corrected chi connectivity index (χ4v) is 2.25. The van der Waals surface area contributed by atoms with Gasteiger partial charge in [0.1, 0.15) is 0 Å². The summed E-state index contributed by atoms with van der Waals surface area (Å²) in [5.74, 6) is 0.559. The van der Waals surface area contributed by atoms with Crippen LogP contribution in [0.1, 0.15) is 50.8 Å². The molecular weight excluding hydrogens is 210 g/mol. The Morgan fingerprint density at radius 3 is 2.47 bits per heavy atom. The van der Waals surface area contributed by atoms with E-state index in [9.17, 15) is 4.79 Å². The van der Waals surface area contributed by atoms with E-state index >= 15 is 0 Å². The topological polar surface area (TPSA) is 32.9 Å². The zero-order valence-corrected chi connectivity index (χ0v) is 10.1. The molecule has 1 aromatic heterocycles. The highest BCUT2D eigenvalue weighted by atomic mass is 35.5. The van der Waals surface area contributed by atoms with E-state index in [4.69, 9.17) is 11.6 Å². The van der Waals surface area contributed by atoms with Gasteiger partial charge in [0.15, 0.2) is 0 Å². The maximum absolute atomic E-state index is 11.4. The summed E-state index contributed by atoms with van der Waals surface area (Å²) in [7, 11) is 0. The van der Waals surface area contributed by atoms with Crippen LogP contribution >= 0.6 is 11.6 Å². The average molecular weight is 226 g/mol. The molecule has 0 atom stereocenters. The number of rotatable bonds is 1. The fourth-order valence-electron chi connectivity index (χ4n) is 1.90. The molecule has 1 N–H and O–H groups in total. The van der Waals surface area contributed by atoms with Crippen LogP contribution in [0.3, 0.4) is 0 Å². The summed E-state index contributed by atoms with van der Waals surface area (Å²) >= 11 is 6.16. The van der Waals surface area contributed by atoms with Gasteiger partial charge in [0, 0.05) is 17.2 Å². The number of pyridine rings is 1. The second-order valence-electron chi connectivity index (χ2n) is 5.29. The second kappa shape index (κ2) is 3.38. The third-order valence-corrected chi connectivity index (χ3v) is 3.08. The smallest absolute Gasteiger partial charge is 0.249 e. The lowest BCUT2D eigenvalue weighted by atomic mass is 9.87. The van der Waals surface area contributed by atoms with E-state index in [-0.39, 0.29) is 11.0 Å². The summed E-state index contributed by atoms with van der Waals surface area (Å²) in [6.07, 6.45) is 2.38. The van der Waals surface area contributed by atoms with E-state index < -0.39 is 0 Å². The van der Waals surface area contributed by atoms with Gasteiger partial charge in [-0.3, -0.25) is 4.79 Å². The lowest BCUT2D eigenvalue weighted by Crippen LogP contribution is -2.22. The van der Waals surface area contributed by atoms with Crippen molar-refractivity contribution in [2.24, 2.45) is 0 Å². The van der Waals surface area contributed by atoms with Crippen molar-refractivity contribution in [1.29, 1.82) is 0 Å². The Hall–Kier alpha value is -0.760. The number of aromatic amines is 1. The summed E-state index contributed by atoms with van der Waals surface area (Å²) in [6, 6.07) is 1.49. The van der Waals surface area contributed by atoms with Gasteiger partial charge in [-0.1, -0.05) is 32.4 Å². The van der Waals surface area contributed by atoms with Gasteiger partial charge >= 0.3 is 0 Å². The van der Waals surface area contributed by atoms with Crippen LogP contribution in [0.25, 0.3) is 0 Å². The first kappa shape index (κ1) is 10.7. The number of nitrogens with one attached hydrogen (secondary N) is 1. The lowest BCUT2D eigenvalue weighted by Gasteiger charge is -2.23. The van der Waals surface area contributed by atoms with Crippen molar-refractivity contribution in [1.82, 2.24) is 4.98 Å². The molecule has 82 valence electrons. The Morgan fingerprint density at radius 2 is 2.00 bits per heavy atom. The molecule has 0 aliphatic heterocycles. The van der Waals surface area contributed by atoms with E-state index in [0.717, 1.165) is 11.3 Å². The lowest BCUT2D eigenvalue weighted by molar-refractivity contribution is 0.558. The highest BCUT2D eigenvalue weighted by Gasteiger charge is 2.32. The van der Waals surface area contributed by atoms with Crippen molar-refractivity contribution in [3.8, 4) is 0 Å². The Balaban J connectivity index is 2.64. The Kier molecular flexibility index (Phi) is 2.42. The Bertz CT molecular complexity index is 438. The van der Waals surface area contributed by atoms with Crippen LogP contribution in [0.2, 0.25) is 5.02 Å². The summed E-state index contributed by atoms with van der Waals surface area (Å²) < 4.78 is 0. The maximum atomic E-state index is 11.4. The molecule has 1 aliphatic rings. The molecule has 1 aromatic rings. The molecule has 0 unspecified atom stereocenters. The zero-order chi connectivity index (χ0) is 11.2. The van der Waals surface area contributed by atoms with Crippen molar-refractivity contribution < 1.29 is 0 Å². The van der Waals surface area contributed by atoms with E-state index in [0.29, 0.717) is 10.9 Å². The quantitative estimate of drug-likeness (QED) is 0.782. The molecule has 2 rings (SSSR count). The van der Waals surface area contributed by atoms with Gasteiger partial charge in [0.05, 0.1) is 5.02 Å². The largest absolute Gasteiger partial charge is 0.325 e. The van der Waals surface area contributed by atoms with E-state index in [1.807, 2.05) is 0 Å². The van der Waals surface area contributed by atoms with E-state index in [1.54, 1.807) is 0 Å². The van der Waals surface area contributed by atoms with Crippen molar-refractivity contribution in [2.45, 2.75) is 44.9 Å². The monoisotopic (exact) mass is 225 g/mol. The summed E-state index contributed by atoms with van der Waals surface area (Å²) in [5, 5.41) is 0.631. The molecule has 2 nitrogen and oxygen atoms in total. The number of H-pyrrole nitrogens is 1. The molecule has 1 fully saturated rings. The highest BCUT2D eigenvalue weighted by Crippen LogP contribution is 2.46. The second-order valence-corrected chi connectivity index (χ2v) is 5.70. The van der Waals surface area contributed by atoms with Crippen molar-refractivity contribution >= 4 is 11.6 Å². The Labute approximate surface area is 94.7 Å². The van der Waals surface area contributed by atoms with Gasteiger partial charge in [-0.15, -0.1) is 0 Å². The fraction of sp³-hybridized carbons (Fsp3) is 0.583. The molecule has 1 heterocycles. The maximum Gasteiger partial charge on any atom is 0.249 e. The van der Waals surface area contributed by atoms with E-state index in [1.165, 1.54) is 18.9 Å². The molecule has 3 heteroatoms. The predicted molar refractivity (Wildman–Crippen MR) is 62.7 cm³/mol. The average Bonchev–Trinajstić information content (AvgIpc) is 2.84. The first-order valence-electron chi connectivity index (χ1n) is 5.33. The third-order valence-electron chi connectivity index (χ3n) is 2.77. The van der Waals surface area contributed by atoms with E-state index in [2.05, 4.69) is 25.8 Å². The number of halogens is 1. The SMILES string of the molecule is CC(C)(C)c1[nH]c(=O)cc(Cl)c1C1CC1. The summed E-state index contributed by atoms with van der Waals surface area (Å²) in [4.78, 5) is 14.4. The normalized spacial score (nSPS) is 16.8. The minimum Gasteiger partial charge on any atom is -0.325 e. The molecule has 0 radical (unpaired) electrons. The van der Waals surface area contributed by atoms with Gasteiger partial charge < -0.3 is 4.98 Å². The van der Waals surface area contributed by atoms with Gasteiger partial charge in [0.25, 0.3) is 0 Å². The van der Waals surface area contributed by atoms with Crippen LogP contribution in [0.4, 0.5) is 0 Å². The van der Waals surface area contributed by atoms with Crippen molar-refractivity contribution in [3.63, 3.8) is 0 Å².